The molecule has 5 nitrogen and oxygen atoms in total. The van der Waals surface area contributed by atoms with E-state index in [0.29, 0.717) is 5.69 Å². The molecular weight excluding hydrogens is 262 g/mol. The fourth-order valence-electron chi connectivity index (χ4n) is 1.57. The molecule has 0 radical (unpaired) electrons. The van der Waals surface area contributed by atoms with Crippen molar-refractivity contribution in [1.29, 1.82) is 5.26 Å². The zero-order valence-electron chi connectivity index (χ0n) is 10.5. The number of nitrogens with zero attached hydrogens (tertiary/aromatic N) is 3. The van der Waals surface area contributed by atoms with Gasteiger partial charge >= 0.3 is 0 Å². The van der Waals surface area contributed by atoms with Crippen molar-refractivity contribution in [1.82, 2.24) is 9.97 Å². The van der Waals surface area contributed by atoms with E-state index < -0.39 is 9.84 Å². The van der Waals surface area contributed by atoms with Crippen LogP contribution in [0.5, 0.6) is 0 Å². The van der Waals surface area contributed by atoms with Crippen molar-refractivity contribution in [3.8, 4) is 6.07 Å². The van der Waals surface area contributed by atoms with Crippen LogP contribution in [0.25, 0.3) is 0 Å². The first kappa shape index (κ1) is 13.2. The van der Waals surface area contributed by atoms with Gasteiger partial charge in [-0.1, -0.05) is 17.7 Å². The Bertz CT molecular complexity index is 759. The van der Waals surface area contributed by atoms with Crippen LogP contribution in [0.15, 0.2) is 40.3 Å². The van der Waals surface area contributed by atoms with Gasteiger partial charge in [-0.25, -0.2) is 18.4 Å². The number of aryl methyl sites for hydroxylation is 2. The Morgan fingerprint density at radius 3 is 2.32 bits per heavy atom. The van der Waals surface area contributed by atoms with Gasteiger partial charge in [0.1, 0.15) is 6.07 Å². The van der Waals surface area contributed by atoms with Crippen molar-refractivity contribution in [3.63, 3.8) is 0 Å². The van der Waals surface area contributed by atoms with E-state index in [1.165, 1.54) is 18.2 Å². The van der Waals surface area contributed by atoms with Crippen LogP contribution in [-0.2, 0) is 9.84 Å². The van der Waals surface area contributed by atoms with Gasteiger partial charge in [-0.2, -0.15) is 5.26 Å². The summed E-state index contributed by atoms with van der Waals surface area (Å²) in [4.78, 5) is 7.75. The number of rotatable bonds is 2. The standard InChI is InChI=1S/C13H11N3O2S/c1-9-3-5-11(6-4-9)19(17,18)13-7-10(2)15-12(8-14)16-13/h3-7H,1-2H3. The van der Waals surface area contributed by atoms with E-state index in [2.05, 4.69) is 9.97 Å². The van der Waals surface area contributed by atoms with Crippen LogP contribution in [0, 0.1) is 25.2 Å². The molecule has 0 saturated carbocycles. The minimum Gasteiger partial charge on any atom is -0.224 e. The first-order valence-corrected chi connectivity index (χ1v) is 6.99. The molecule has 6 heteroatoms. The Morgan fingerprint density at radius 1 is 1.11 bits per heavy atom. The van der Waals surface area contributed by atoms with Gasteiger partial charge in [0, 0.05) is 5.69 Å². The Balaban J connectivity index is 2.60. The average Bonchev–Trinajstić information content (AvgIpc) is 2.38. The second-order valence-electron chi connectivity index (χ2n) is 4.10. The second kappa shape index (κ2) is 4.78. The van der Waals surface area contributed by atoms with Crippen molar-refractivity contribution in [2.24, 2.45) is 0 Å². The molecule has 0 amide bonds. The third-order valence-electron chi connectivity index (χ3n) is 2.54. The molecule has 1 aromatic carbocycles. The fourth-order valence-corrected chi connectivity index (χ4v) is 2.83. The molecule has 19 heavy (non-hydrogen) atoms. The summed E-state index contributed by atoms with van der Waals surface area (Å²) in [6.07, 6.45) is 0. The summed E-state index contributed by atoms with van der Waals surface area (Å²) in [6, 6.07) is 9.58. The molecule has 0 aliphatic carbocycles. The Morgan fingerprint density at radius 2 is 1.74 bits per heavy atom. The van der Waals surface area contributed by atoms with Crippen molar-refractivity contribution in [2.45, 2.75) is 23.8 Å². The van der Waals surface area contributed by atoms with E-state index in [9.17, 15) is 8.42 Å². The molecule has 0 saturated heterocycles. The van der Waals surface area contributed by atoms with Crippen molar-refractivity contribution in [3.05, 3.63) is 47.4 Å². The zero-order chi connectivity index (χ0) is 14.0. The quantitative estimate of drug-likeness (QED) is 0.779. The number of hydrogen-bond donors (Lipinski definition) is 0. The van der Waals surface area contributed by atoms with Gasteiger partial charge in [0.25, 0.3) is 0 Å². The monoisotopic (exact) mass is 273 g/mol. The number of benzene rings is 1. The van der Waals surface area contributed by atoms with Crippen LogP contribution in [-0.4, -0.2) is 18.4 Å². The van der Waals surface area contributed by atoms with E-state index in [1.807, 2.05) is 6.92 Å². The Kier molecular flexibility index (Phi) is 3.32. The van der Waals surface area contributed by atoms with E-state index in [1.54, 1.807) is 25.1 Å². The summed E-state index contributed by atoms with van der Waals surface area (Å²) in [5.74, 6) is -0.148. The summed E-state index contributed by atoms with van der Waals surface area (Å²) < 4.78 is 24.7. The van der Waals surface area contributed by atoms with Crippen LogP contribution in [0.1, 0.15) is 17.1 Å². The van der Waals surface area contributed by atoms with Gasteiger partial charge < -0.3 is 0 Å². The summed E-state index contributed by atoms with van der Waals surface area (Å²) in [6.45, 7) is 3.50. The summed E-state index contributed by atoms with van der Waals surface area (Å²) in [5, 5.41) is 8.64. The van der Waals surface area contributed by atoms with Crippen molar-refractivity contribution < 1.29 is 8.42 Å². The molecule has 1 aromatic heterocycles. The SMILES string of the molecule is Cc1ccc(S(=O)(=O)c2cc(C)nc(C#N)n2)cc1. The highest BCUT2D eigenvalue weighted by atomic mass is 32.2. The summed E-state index contributed by atoms with van der Waals surface area (Å²) >= 11 is 0. The zero-order valence-corrected chi connectivity index (χ0v) is 11.3. The lowest BCUT2D eigenvalue weighted by molar-refractivity contribution is 0.591. The van der Waals surface area contributed by atoms with Gasteiger partial charge in [-0.15, -0.1) is 0 Å². The number of hydrogen-bond acceptors (Lipinski definition) is 5. The molecule has 96 valence electrons. The van der Waals surface area contributed by atoms with Gasteiger partial charge in [0.2, 0.25) is 15.7 Å². The maximum atomic E-state index is 12.4. The van der Waals surface area contributed by atoms with Gasteiger partial charge in [-0.3, -0.25) is 0 Å². The lowest BCUT2D eigenvalue weighted by Gasteiger charge is -2.05. The maximum absolute atomic E-state index is 12.4. The van der Waals surface area contributed by atoms with Crippen LogP contribution >= 0.6 is 0 Å². The average molecular weight is 273 g/mol. The van der Waals surface area contributed by atoms with Crippen LogP contribution in [0.2, 0.25) is 0 Å². The highest BCUT2D eigenvalue weighted by Crippen LogP contribution is 2.19. The first-order valence-electron chi connectivity index (χ1n) is 5.51. The van der Waals surface area contributed by atoms with Crippen LogP contribution in [0.3, 0.4) is 0 Å². The molecule has 2 rings (SSSR count). The lowest BCUT2D eigenvalue weighted by atomic mass is 10.2. The Hall–Kier alpha value is -2.26. The lowest BCUT2D eigenvalue weighted by Crippen LogP contribution is -2.07. The molecule has 0 spiro atoms. The van der Waals surface area contributed by atoms with Gasteiger partial charge in [-0.05, 0) is 32.0 Å². The Labute approximate surface area is 111 Å². The number of nitriles is 1. The van der Waals surface area contributed by atoms with Crippen molar-refractivity contribution >= 4 is 9.84 Å². The highest BCUT2D eigenvalue weighted by Gasteiger charge is 2.20. The minimum absolute atomic E-state index is 0.148. The van der Waals surface area contributed by atoms with E-state index in [4.69, 9.17) is 5.26 Å². The predicted octanol–water partition coefficient (Wildman–Crippen LogP) is 1.80. The third-order valence-corrected chi connectivity index (χ3v) is 4.19. The molecule has 0 fully saturated rings. The predicted molar refractivity (Wildman–Crippen MR) is 68.1 cm³/mol. The fraction of sp³-hybridized carbons (Fsp3) is 0.154. The molecule has 0 bridgehead atoms. The van der Waals surface area contributed by atoms with Crippen LogP contribution < -0.4 is 0 Å². The molecule has 2 aromatic rings. The van der Waals surface area contributed by atoms with Crippen molar-refractivity contribution in [2.75, 3.05) is 0 Å². The third kappa shape index (κ3) is 2.61. The smallest absolute Gasteiger partial charge is 0.224 e. The first-order chi connectivity index (χ1) is 8.93. The maximum Gasteiger partial charge on any atom is 0.233 e. The molecule has 0 aliphatic heterocycles. The van der Waals surface area contributed by atoms with E-state index in [0.717, 1.165) is 5.56 Å². The molecule has 0 aliphatic rings. The van der Waals surface area contributed by atoms with E-state index >= 15 is 0 Å². The summed E-state index contributed by atoms with van der Waals surface area (Å²) in [7, 11) is -3.71. The summed E-state index contributed by atoms with van der Waals surface area (Å²) in [5.41, 5.74) is 1.41. The van der Waals surface area contributed by atoms with Crippen LogP contribution in [0.4, 0.5) is 0 Å². The molecule has 0 N–H and O–H groups in total. The van der Waals surface area contributed by atoms with E-state index in [-0.39, 0.29) is 15.7 Å². The highest BCUT2D eigenvalue weighted by molar-refractivity contribution is 7.91. The van der Waals surface area contributed by atoms with Gasteiger partial charge in [0.05, 0.1) is 4.90 Å². The minimum atomic E-state index is -3.71. The normalized spacial score (nSPS) is 11.0. The second-order valence-corrected chi connectivity index (χ2v) is 6.00. The molecule has 1 heterocycles. The number of sulfone groups is 1. The largest absolute Gasteiger partial charge is 0.233 e. The number of aromatic nitrogens is 2. The van der Waals surface area contributed by atoms with Gasteiger partial charge in [0.15, 0.2) is 5.03 Å². The molecule has 0 atom stereocenters. The molecule has 0 unspecified atom stereocenters. The topological polar surface area (TPSA) is 83.7 Å². The molecular formula is C13H11N3O2S.